The molecule has 4 bridgehead atoms. The van der Waals surface area contributed by atoms with E-state index in [0.29, 0.717) is 44.3 Å². The van der Waals surface area contributed by atoms with Crippen molar-refractivity contribution in [3.05, 3.63) is 24.3 Å². The Hall–Kier alpha value is -5.01. The highest BCUT2D eigenvalue weighted by Gasteiger charge is 2.56. The Morgan fingerprint density at radius 3 is 2.26 bits per heavy atom. The predicted molar refractivity (Wildman–Crippen MR) is 186 cm³/mol. The summed E-state index contributed by atoms with van der Waals surface area (Å²) in [5.74, 6) is 0.681. The van der Waals surface area contributed by atoms with E-state index < -0.39 is 12.1 Å². The second-order valence-corrected chi connectivity index (χ2v) is 15.3. The van der Waals surface area contributed by atoms with E-state index in [9.17, 15) is 24.4 Å². The third-order valence-corrected chi connectivity index (χ3v) is 12.3. The molecule has 1 saturated carbocycles. The fraction of sp³-hybridized carbons (Fsp3) is 0.629. The van der Waals surface area contributed by atoms with Crippen molar-refractivity contribution in [2.24, 2.45) is 17.4 Å². The predicted octanol–water partition coefficient (Wildman–Crippen LogP) is -1.76. The SMILES string of the molecule is CN1C(=O)[C@@H]2CC1CN2C[C@H](N)C(=O)N1CCC[C@H]1C#N.N#C[C@@H]1C[C@@H]2C[C@@H]2N1C(=O)[C@@H](N)CN1CC2C[C@H]1C(=O)N2c1ccccc1-c1nn[nH]n1. The number of fused-ring (bicyclic) bond motifs is 5. The van der Waals surface area contributed by atoms with E-state index in [1.54, 1.807) is 14.7 Å². The van der Waals surface area contributed by atoms with Crippen molar-refractivity contribution in [2.45, 2.75) is 92.9 Å². The standard InChI is InChI=1S/C21H23N9O2.C14H21N5O2/c22-8-12-5-11-6-17(11)29(12)20(31)15(23)10-28-9-13-7-18(28)21(32)30(13)16-4-2-1-3-14(16)19-24-26-27-25-19;1-17-10-5-12(14(17)21)18(7-10)8-11(16)13(20)19-4-2-3-9(19)6-15/h1-4,11-13,15,17-18H,5-7,9-10,23H2,(H,24,25,26,27);9-12H,2-5,7-8,16H2,1H3/t11-,12+,13?,15+,17+,18+;9-,10?,11-,12-/m10/s1. The van der Waals surface area contributed by atoms with Crippen molar-refractivity contribution in [1.29, 1.82) is 10.5 Å². The summed E-state index contributed by atoms with van der Waals surface area (Å²) >= 11 is 0. The van der Waals surface area contributed by atoms with Crippen molar-refractivity contribution in [1.82, 2.24) is 45.1 Å². The van der Waals surface area contributed by atoms with Gasteiger partial charge in [-0.3, -0.25) is 29.0 Å². The van der Waals surface area contributed by atoms with Crippen LogP contribution in [0.15, 0.2) is 24.3 Å². The number of tetrazole rings is 1. The third kappa shape index (κ3) is 6.09. The lowest BCUT2D eigenvalue weighted by molar-refractivity contribution is -0.138. The molecule has 4 amide bonds. The number of hydrogen-bond acceptors (Lipinski definition) is 13. The van der Waals surface area contributed by atoms with E-state index in [1.165, 1.54) is 0 Å². The molecule has 7 heterocycles. The van der Waals surface area contributed by atoms with Crippen LogP contribution in [0.5, 0.6) is 0 Å². The number of piperidine rings is 1. The number of benzene rings is 1. The van der Waals surface area contributed by atoms with Crippen LogP contribution in [-0.4, -0.2) is 163 Å². The quantitative estimate of drug-likeness (QED) is 0.274. The van der Waals surface area contributed by atoms with Gasteiger partial charge in [-0.1, -0.05) is 12.1 Å². The Morgan fingerprint density at radius 2 is 1.60 bits per heavy atom. The van der Waals surface area contributed by atoms with Gasteiger partial charge < -0.3 is 31.1 Å². The molecule has 5 N–H and O–H groups in total. The summed E-state index contributed by atoms with van der Waals surface area (Å²) in [4.78, 5) is 61.6. The normalized spacial score (nSPS) is 32.4. The second kappa shape index (κ2) is 13.8. The number of aromatic amines is 1. The minimum Gasteiger partial charge on any atom is -0.340 e. The Kier molecular flexibility index (Phi) is 9.10. The van der Waals surface area contributed by atoms with E-state index in [-0.39, 0.29) is 65.9 Å². The highest BCUT2D eigenvalue weighted by atomic mass is 16.2. The lowest BCUT2D eigenvalue weighted by atomic mass is 10.1. The maximum absolute atomic E-state index is 13.3. The lowest BCUT2D eigenvalue weighted by Gasteiger charge is -2.36. The van der Waals surface area contributed by atoms with Gasteiger partial charge in [0.25, 0.3) is 0 Å². The van der Waals surface area contributed by atoms with Gasteiger partial charge >= 0.3 is 0 Å². The van der Waals surface area contributed by atoms with Crippen molar-refractivity contribution < 1.29 is 19.2 Å². The summed E-state index contributed by atoms with van der Waals surface area (Å²) in [6, 6.07) is 9.81. The molecule has 0 radical (unpaired) electrons. The summed E-state index contributed by atoms with van der Waals surface area (Å²) in [6.45, 7) is 2.76. The number of aromatic nitrogens is 4. The Balaban J connectivity index is 0.000000165. The van der Waals surface area contributed by atoms with Gasteiger partial charge in [-0.05, 0) is 61.8 Å². The van der Waals surface area contributed by atoms with Crippen molar-refractivity contribution in [3.8, 4) is 23.5 Å². The fourth-order valence-corrected chi connectivity index (χ4v) is 9.48. The Labute approximate surface area is 306 Å². The monoisotopic (exact) mass is 724 g/mol. The number of nitrogens with two attached hydrogens (primary N) is 2. The zero-order chi connectivity index (χ0) is 37.1. The molecule has 18 nitrogen and oxygen atoms in total. The number of piperazine rings is 2. The third-order valence-electron chi connectivity index (χ3n) is 12.3. The fourth-order valence-electron chi connectivity index (χ4n) is 9.48. The first-order valence-corrected chi connectivity index (χ1v) is 18.4. The van der Waals surface area contributed by atoms with Crippen LogP contribution >= 0.6 is 0 Å². The van der Waals surface area contributed by atoms with Crippen LogP contribution in [0.1, 0.15) is 38.5 Å². The number of hydrogen-bond donors (Lipinski definition) is 3. The molecule has 7 aliphatic rings. The molecule has 10 atom stereocenters. The number of nitrogens with one attached hydrogen (secondary N) is 1. The molecule has 278 valence electrons. The molecule has 1 aromatic heterocycles. The molecule has 7 fully saturated rings. The smallest absolute Gasteiger partial charge is 0.244 e. The maximum atomic E-state index is 13.3. The Morgan fingerprint density at radius 1 is 0.925 bits per heavy atom. The topological polar surface area (TPSA) is 242 Å². The summed E-state index contributed by atoms with van der Waals surface area (Å²) in [7, 11) is 1.83. The number of anilines is 1. The van der Waals surface area contributed by atoms with E-state index in [2.05, 4.69) is 32.8 Å². The number of H-pyrrole nitrogens is 1. The zero-order valence-corrected chi connectivity index (χ0v) is 29.6. The molecule has 2 unspecified atom stereocenters. The van der Waals surface area contributed by atoms with Crippen LogP contribution in [0.4, 0.5) is 5.69 Å². The molecular weight excluding hydrogens is 680 g/mol. The van der Waals surface area contributed by atoms with Gasteiger partial charge in [-0.2, -0.15) is 15.7 Å². The van der Waals surface area contributed by atoms with Crippen molar-refractivity contribution in [2.75, 3.05) is 44.7 Å². The molecule has 1 aliphatic carbocycles. The van der Waals surface area contributed by atoms with E-state index in [0.717, 1.165) is 49.9 Å². The number of likely N-dealkylation sites (tertiary alicyclic amines) is 5. The van der Waals surface area contributed by atoms with E-state index >= 15 is 0 Å². The molecule has 18 heteroatoms. The van der Waals surface area contributed by atoms with Gasteiger partial charge in [0.2, 0.25) is 29.5 Å². The van der Waals surface area contributed by atoms with Gasteiger partial charge in [0.05, 0.1) is 48.0 Å². The van der Waals surface area contributed by atoms with E-state index in [1.807, 2.05) is 46.0 Å². The number of para-hydroxylation sites is 1. The van der Waals surface area contributed by atoms with Crippen LogP contribution < -0.4 is 16.4 Å². The van der Waals surface area contributed by atoms with Crippen LogP contribution in [-0.2, 0) is 19.2 Å². The first-order valence-electron chi connectivity index (χ1n) is 18.4. The number of rotatable bonds is 8. The van der Waals surface area contributed by atoms with Gasteiger partial charge in [0, 0.05) is 57.4 Å². The van der Waals surface area contributed by atoms with Crippen LogP contribution in [0.3, 0.4) is 0 Å². The second-order valence-electron chi connectivity index (χ2n) is 15.3. The lowest BCUT2D eigenvalue weighted by Crippen LogP contribution is -2.57. The average molecular weight is 725 g/mol. The van der Waals surface area contributed by atoms with Crippen molar-refractivity contribution in [3.63, 3.8) is 0 Å². The largest absolute Gasteiger partial charge is 0.340 e. The number of nitriles is 2. The number of likely N-dealkylation sites (N-methyl/N-ethyl adjacent to an activating group) is 1. The number of carbonyl (C=O) groups excluding carboxylic acids is 4. The highest BCUT2D eigenvalue weighted by molar-refractivity contribution is 6.04. The summed E-state index contributed by atoms with van der Waals surface area (Å²) in [5.41, 5.74) is 13.8. The molecular formula is C35H44N14O4. The number of carbonyl (C=O) groups is 4. The molecule has 9 rings (SSSR count). The maximum Gasteiger partial charge on any atom is 0.244 e. The summed E-state index contributed by atoms with van der Waals surface area (Å²) in [6.07, 6.45) is 4.83. The molecule has 0 spiro atoms. The highest BCUT2D eigenvalue weighted by Crippen LogP contribution is 2.48. The van der Waals surface area contributed by atoms with Crippen molar-refractivity contribution >= 4 is 29.3 Å². The summed E-state index contributed by atoms with van der Waals surface area (Å²) < 4.78 is 0. The first kappa shape index (κ1) is 35.0. The minimum absolute atomic E-state index is 0.00447. The molecule has 6 saturated heterocycles. The number of nitrogens with zero attached hydrogens (tertiary/aromatic N) is 11. The average Bonchev–Trinajstić information content (AvgIpc) is 3.92. The molecule has 53 heavy (non-hydrogen) atoms. The molecule has 6 aliphatic heterocycles. The molecule has 1 aromatic carbocycles. The van der Waals surface area contributed by atoms with Gasteiger partial charge in [0.15, 0.2) is 0 Å². The van der Waals surface area contributed by atoms with Crippen LogP contribution in [0.25, 0.3) is 11.4 Å². The van der Waals surface area contributed by atoms with Crippen LogP contribution in [0.2, 0.25) is 0 Å². The zero-order valence-electron chi connectivity index (χ0n) is 29.6. The van der Waals surface area contributed by atoms with Gasteiger partial charge in [-0.25, -0.2) is 0 Å². The van der Waals surface area contributed by atoms with Gasteiger partial charge in [0.1, 0.15) is 12.1 Å². The first-order chi connectivity index (χ1) is 25.6. The Bertz CT molecular complexity index is 1860. The number of amides is 4. The molecule has 2 aromatic rings. The van der Waals surface area contributed by atoms with Gasteiger partial charge in [-0.15, -0.1) is 10.2 Å². The minimum atomic E-state index is -0.739. The summed E-state index contributed by atoms with van der Waals surface area (Å²) in [5, 5.41) is 32.6. The van der Waals surface area contributed by atoms with E-state index in [4.69, 9.17) is 16.7 Å². The van der Waals surface area contributed by atoms with Crippen LogP contribution in [0, 0.1) is 28.6 Å².